The topological polar surface area (TPSA) is 46.2 Å². The number of hydrogen-bond donors (Lipinski definition) is 2. The summed E-state index contributed by atoms with van der Waals surface area (Å²) in [6.45, 7) is 0. The van der Waals surface area contributed by atoms with Gasteiger partial charge in [0.25, 0.3) is 0 Å². The van der Waals surface area contributed by atoms with Gasteiger partial charge >= 0.3 is 0 Å². The Bertz CT molecular complexity index is 375. The molecule has 0 atom stereocenters. The van der Waals surface area contributed by atoms with Crippen molar-refractivity contribution in [2.24, 2.45) is 5.73 Å². The Kier molecular flexibility index (Phi) is 1.96. The van der Waals surface area contributed by atoms with Crippen LogP contribution in [0.4, 0.5) is 8.78 Å². The summed E-state index contributed by atoms with van der Waals surface area (Å²) in [5.41, 5.74) is 5.53. The molecule has 0 aromatic heterocycles. The summed E-state index contributed by atoms with van der Waals surface area (Å²) in [5.74, 6) is -2.90. The minimum absolute atomic E-state index is 0.308. The van der Waals surface area contributed by atoms with E-state index in [0.29, 0.717) is 18.4 Å². The molecule has 3 N–H and O–H groups in total. The molecule has 0 aliphatic heterocycles. The van der Waals surface area contributed by atoms with Crippen LogP contribution in [0.3, 0.4) is 0 Å². The highest BCUT2D eigenvalue weighted by molar-refractivity contribution is 5.40. The number of hydrogen-bond acceptors (Lipinski definition) is 2. The number of phenols is 1. The summed E-state index contributed by atoms with van der Waals surface area (Å²) in [5, 5.41) is 9.38. The molecule has 1 aliphatic rings. The highest BCUT2D eigenvalue weighted by Crippen LogP contribution is 2.43. The van der Waals surface area contributed by atoms with E-state index in [2.05, 4.69) is 0 Å². The second kappa shape index (κ2) is 2.92. The average molecular weight is 199 g/mol. The van der Waals surface area contributed by atoms with Gasteiger partial charge in [-0.25, -0.2) is 4.39 Å². The van der Waals surface area contributed by atoms with Crippen LogP contribution in [0.15, 0.2) is 12.1 Å². The van der Waals surface area contributed by atoms with Gasteiger partial charge in [0.1, 0.15) is 0 Å². The molecule has 2 rings (SSSR count). The normalized spacial score (nSPS) is 19.1. The summed E-state index contributed by atoms with van der Waals surface area (Å²) in [4.78, 5) is 0. The summed E-state index contributed by atoms with van der Waals surface area (Å²) in [7, 11) is 0. The molecule has 0 spiro atoms. The van der Waals surface area contributed by atoms with Gasteiger partial charge in [0.15, 0.2) is 11.6 Å². The maximum atomic E-state index is 13.0. The van der Waals surface area contributed by atoms with Crippen molar-refractivity contribution in [3.8, 4) is 5.75 Å². The van der Waals surface area contributed by atoms with E-state index < -0.39 is 22.9 Å². The first-order valence-electron chi connectivity index (χ1n) is 4.51. The predicted octanol–water partition coefficient (Wildman–Crippen LogP) is 2.01. The molecule has 0 unspecified atom stereocenters. The molecule has 14 heavy (non-hydrogen) atoms. The first-order valence-corrected chi connectivity index (χ1v) is 4.51. The van der Waals surface area contributed by atoms with E-state index in [1.54, 1.807) is 0 Å². The molecule has 1 fully saturated rings. The lowest BCUT2D eigenvalue weighted by Crippen LogP contribution is -2.43. The van der Waals surface area contributed by atoms with Gasteiger partial charge in [-0.3, -0.25) is 0 Å². The SMILES string of the molecule is NC1(c2ccc(F)c(F)c2O)CCC1. The fourth-order valence-corrected chi connectivity index (χ4v) is 1.77. The van der Waals surface area contributed by atoms with Crippen LogP contribution in [0.2, 0.25) is 0 Å². The van der Waals surface area contributed by atoms with Crippen molar-refractivity contribution >= 4 is 0 Å². The van der Waals surface area contributed by atoms with Crippen molar-refractivity contribution in [2.75, 3.05) is 0 Å². The van der Waals surface area contributed by atoms with E-state index in [4.69, 9.17) is 5.73 Å². The molecule has 1 aliphatic carbocycles. The highest BCUT2D eigenvalue weighted by Gasteiger charge is 2.37. The van der Waals surface area contributed by atoms with Gasteiger partial charge in [-0.05, 0) is 25.3 Å². The lowest BCUT2D eigenvalue weighted by Gasteiger charge is -2.38. The molecule has 76 valence electrons. The summed E-state index contributed by atoms with van der Waals surface area (Å²) in [6.07, 6.45) is 2.35. The number of benzene rings is 1. The van der Waals surface area contributed by atoms with Crippen LogP contribution < -0.4 is 5.73 Å². The second-order valence-corrected chi connectivity index (χ2v) is 3.77. The molecule has 4 heteroatoms. The van der Waals surface area contributed by atoms with Gasteiger partial charge in [0, 0.05) is 11.1 Å². The van der Waals surface area contributed by atoms with E-state index in [1.165, 1.54) is 6.07 Å². The molecule has 0 heterocycles. The van der Waals surface area contributed by atoms with Crippen LogP contribution in [0.25, 0.3) is 0 Å². The van der Waals surface area contributed by atoms with Crippen LogP contribution in [0.5, 0.6) is 5.75 Å². The highest BCUT2D eigenvalue weighted by atomic mass is 19.2. The fourth-order valence-electron chi connectivity index (χ4n) is 1.77. The molecule has 1 aromatic carbocycles. The summed E-state index contributed by atoms with van der Waals surface area (Å²) >= 11 is 0. The van der Waals surface area contributed by atoms with Crippen LogP contribution in [0, 0.1) is 11.6 Å². The molecule has 2 nitrogen and oxygen atoms in total. The summed E-state index contributed by atoms with van der Waals surface area (Å²) < 4.78 is 25.7. The zero-order chi connectivity index (χ0) is 10.3. The van der Waals surface area contributed by atoms with Crippen LogP contribution in [0.1, 0.15) is 24.8 Å². The van der Waals surface area contributed by atoms with Crippen molar-refractivity contribution in [1.82, 2.24) is 0 Å². The smallest absolute Gasteiger partial charge is 0.200 e. The van der Waals surface area contributed by atoms with E-state index in [-0.39, 0.29) is 0 Å². The van der Waals surface area contributed by atoms with E-state index in [9.17, 15) is 13.9 Å². The third-order valence-corrected chi connectivity index (χ3v) is 2.85. The largest absolute Gasteiger partial charge is 0.505 e. The summed E-state index contributed by atoms with van der Waals surface area (Å²) in [6, 6.07) is 2.35. The van der Waals surface area contributed by atoms with Crippen LogP contribution >= 0.6 is 0 Å². The third kappa shape index (κ3) is 1.18. The Morgan fingerprint density at radius 2 is 1.93 bits per heavy atom. The molecule has 1 aromatic rings. The first-order chi connectivity index (χ1) is 6.54. The van der Waals surface area contributed by atoms with E-state index in [0.717, 1.165) is 12.5 Å². The number of aromatic hydroxyl groups is 1. The van der Waals surface area contributed by atoms with Crippen molar-refractivity contribution in [3.05, 3.63) is 29.3 Å². The van der Waals surface area contributed by atoms with Crippen molar-refractivity contribution in [2.45, 2.75) is 24.8 Å². The van der Waals surface area contributed by atoms with Gasteiger partial charge in [-0.15, -0.1) is 0 Å². The fraction of sp³-hybridized carbons (Fsp3) is 0.400. The zero-order valence-corrected chi connectivity index (χ0v) is 7.56. The molecule has 0 bridgehead atoms. The van der Waals surface area contributed by atoms with Gasteiger partial charge < -0.3 is 10.8 Å². The van der Waals surface area contributed by atoms with E-state index in [1.807, 2.05) is 0 Å². The molecule has 1 saturated carbocycles. The number of rotatable bonds is 1. The number of nitrogens with two attached hydrogens (primary N) is 1. The second-order valence-electron chi connectivity index (χ2n) is 3.77. The van der Waals surface area contributed by atoms with Crippen LogP contribution in [-0.2, 0) is 5.54 Å². The Balaban J connectivity index is 2.49. The molecule has 0 radical (unpaired) electrons. The Morgan fingerprint density at radius 1 is 1.29 bits per heavy atom. The molecule has 0 amide bonds. The minimum Gasteiger partial charge on any atom is -0.505 e. The van der Waals surface area contributed by atoms with Gasteiger partial charge in [0.2, 0.25) is 5.82 Å². The standard InChI is InChI=1S/C10H11F2NO/c11-7-3-2-6(9(14)8(7)12)10(13)4-1-5-10/h2-3,14H,1,4-5,13H2. The monoisotopic (exact) mass is 199 g/mol. The quantitative estimate of drug-likeness (QED) is 0.726. The zero-order valence-electron chi connectivity index (χ0n) is 7.56. The maximum absolute atomic E-state index is 13.0. The number of phenolic OH excluding ortho intramolecular Hbond substituents is 1. The third-order valence-electron chi connectivity index (χ3n) is 2.85. The maximum Gasteiger partial charge on any atom is 0.200 e. The van der Waals surface area contributed by atoms with Crippen molar-refractivity contribution in [3.63, 3.8) is 0 Å². The minimum atomic E-state index is -1.21. The molecular weight excluding hydrogens is 188 g/mol. The Morgan fingerprint density at radius 3 is 2.43 bits per heavy atom. The van der Waals surface area contributed by atoms with Crippen molar-refractivity contribution < 1.29 is 13.9 Å². The van der Waals surface area contributed by atoms with Gasteiger partial charge in [-0.2, -0.15) is 4.39 Å². The Labute approximate surface area is 80.4 Å². The Hall–Kier alpha value is -1.16. The first kappa shape index (κ1) is 9.40. The van der Waals surface area contributed by atoms with Gasteiger partial charge in [-0.1, -0.05) is 6.07 Å². The molecule has 0 saturated heterocycles. The lowest BCUT2D eigenvalue weighted by atomic mass is 9.72. The average Bonchev–Trinajstić information content (AvgIpc) is 2.11. The number of halogens is 2. The predicted molar refractivity (Wildman–Crippen MR) is 47.7 cm³/mol. The van der Waals surface area contributed by atoms with Gasteiger partial charge in [0.05, 0.1) is 0 Å². The lowest BCUT2D eigenvalue weighted by molar-refractivity contribution is 0.241. The molecular formula is C10H11F2NO. The van der Waals surface area contributed by atoms with E-state index >= 15 is 0 Å². The van der Waals surface area contributed by atoms with Crippen LogP contribution in [-0.4, -0.2) is 5.11 Å². The van der Waals surface area contributed by atoms with Crippen molar-refractivity contribution in [1.29, 1.82) is 0 Å².